The van der Waals surface area contributed by atoms with Crippen molar-refractivity contribution in [2.24, 2.45) is 0 Å². The van der Waals surface area contributed by atoms with Gasteiger partial charge in [-0.15, -0.1) is 0 Å². The molecule has 0 bridgehead atoms. The largest absolute Gasteiger partial charge is 0.497 e. The number of ether oxygens (including phenoxy) is 2. The molecule has 2 heterocycles. The van der Waals surface area contributed by atoms with E-state index in [-0.39, 0.29) is 11.9 Å². The van der Waals surface area contributed by atoms with Gasteiger partial charge in [0.2, 0.25) is 0 Å². The molecule has 4 rings (SSSR count). The fraction of sp³-hybridized carbons (Fsp3) is 0.409. The lowest BCUT2D eigenvalue weighted by molar-refractivity contribution is -0.135. The Morgan fingerprint density at radius 2 is 1.59 bits per heavy atom. The number of amides is 1. The summed E-state index contributed by atoms with van der Waals surface area (Å²) in [5.41, 5.74) is 0.867. The van der Waals surface area contributed by atoms with Crippen molar-refractivity contribution in [2.75, 3.05) is 51.8 Å². The number of benzene rings is 2. The minimum absolute atomic E-state index is 0.0238. The molecule has 154 valence electrons. The van der Waals surface area contributed by atoms with Crippen LogP contribution < -0.4 is 14.4 Å². The number of likely N-dealkylation sites (N-methyl/N-ethyl adjacent to an activating group) is 1. The number of carbonyl (C=O) groups is 1. The second kappa shape index (κ2) is 8.61. The maximum absolute atomic E-state index is 13.0. The fourth-order valence-corrected chi connectivity index (χ4v) is 3.97. The number of rotatable bonds is 6. The van der Waals surface area contributed by atoms with Gasteiger partial charge in [0, 0.05) is 43.4 Å². The Bertz CT molecular complexity index is 835. The van der Waals surface area contributed by atoms with Crippen molar-refractivity contribution in [1.82, 2.24) is 9.80 Å². The molecule has 0 aromatic heterocycles. The normalized spacial score (nSPS) is 23.0. The smallest absolute Gasteiger partial charge is 0.270 e. The van der Waals surface area contributed by atoms with Crippen LogP contribution in [0.2, 0.25) is 5.02 Å². The van der Waals surface area contributed by atoms with Crippen molar-refractivity contribution in [3.05, 3.63) is 53.6 Å². The lowest BCUT2D eigenvalue weighted by Gasteiger charge is -2.48. The number of carbonyl (C=O) groups excluding carboxylic acids is 1. The van der Waals surface area contributed by atoms with Gasteiger partial charge in [0.05, 0.1) is 13.2 Å². The van der Waals surface area contributed by atoms with Gasteiger partial charge >= 0.3 is 0 Å². The van der Waals surface area contributed by atoms with Gasteiger partial charge in [0.1, 0.15) is 11.5 Å². The van der Waals surface area contributed by atoms with Crippen LogP contribution in [0.1, 0.15) is 0 Å². The van der Waals surface area contributed by atoms with E-state index in [1.165, 1.54) is 0 Å². The summed E-state index contributed by atoms with van der Waals surface area (Å²) in [6.45, 7) is 4.83. The summed E-state index contributed by atoms with van der Waals surface area (Å²) in [7, 11) is 3.77. The third-order valence-electron chi connectivity index (χ3n) is 5.63. The molecule has 2 aromatic carbocycles. The van der Waals surface area contributed by atoms with E-state index in [4.69, 9.17) is 21.1 Å². The lowest BCUT2D eigenvalue weighted by Crippen LogP contribution is -2.71. The predicted octanol–water partition coefficient (Wildman–Crippen LogP) is 2.76. The Balaban J connectivity index is 1.53. The summed E-state index contributed by atoms with van der Waals surface area (Å²) in [6, 6.07) is 14.7. The molecule has 6 nitrogen and oxygen atoms in total. The van der Waals surface area contributed by atoms with Gasteiger partial charge in [0.15, 0.2) is 6.10 Å². The average molecular weight is 416 g/mol. The summed E-state index contributed by atoms with van der Waals surface area (Å²) in [6.07, 6.45) is -0.502. The van der Waals surface area contributed by atoms with Crippen molar-refractivity contribution < 1.29 is 14.3 Å². The van der Waals surface area contributed by atoms with E-state index < -0.39 is 6.10 Å². The molecule has 0 aliphatic carbocycles. The van der Waals surface area contributed by atoms with Gasteiger partial charge in [-0.3, -0.25) is 9.69 Å². The molecule has 0 spiro atoms. The summed E-state index contributed by atoms with van der Waals surface area (Å²) in [5, 5.41) is 0.645. The zero-order valence-electron chi connectivity index (χ0n) is 16.8. The zero-order chi connectivity index (χ0) is 20.4. The van der Waals surface area contributed by atoms with Gasteiger partial charge in [0.25, 0.3) is 5.91 Å². The van der Waals surface area contributed by atoms with Crippen LogP contribution >= 0.6 is 11.6 Å². The molecule has 2 aliphatic heterocycles. The summed E-state index contributed by atoms with van der Waals surface area (Å²) >= 11 is 5.97. The Morgan fingerprint density at radius 1 is 0.966 bits per heavy atom. The van der Waals surface area contributed by atoms with E-state index in [0.29, 0.717) is 10.8 Å². The molecule has 2 aromatic rings. The van der Waals surface area contributed by atoms with Crippen LogP contribution in [0.15, 0.2) is 48.5 Å². The van der Waals surface area contributed by atoms with Crippen LogP contribution in [0, 0.1) is 0 Å². The molecule has 0 saturated carbocycles. The number of nitrogens with zero attached hydrogens (tertiary/aromatic N) is 3. The van der Waals surface area contributed by atoms with Crippen molar-refractivity contribution in [1.29, 1.82) is 0 Å². The third kappa shape index (κ3) is 4.34. The molecule has 0 unspecified atom stereocenters. The molecule has 1 amide bonds. The summed E-state index contributed by atoms with van der Waals surface area (Å²) in [4.78, 5) is 19.6. The van der Waals surface area contributed by atoms with E-state index in [1.54, 1.807) is 31.4 Å². The van der Waals surface area contributed by atoms with E-state index >= 15 is 0 Å². The molecule has 0 N–H and O–H groups in total. The van der Waals surface area contributed by atoms with Crippen molar-refractivity contribution in [2.45, 2.75) is 12.1 Å². The number of hydrogen-bond donors (Lipinski definition) is 0. The fourth-order valence-electron chi connectivity index (χ4n) is 3.84. The second-order valence-electron chi connectivity index (χ2n) is 7.57. The molecular weight excluding hydrogens is 390 g/mol. The molecule has 29 heavy (non-hydrogen) atoms. The highest BCUT2D eigenvalue weighted by atomic mass is 35.5. The van der Waals surface area contributed by atoms with Crippen LogP contribution in [0.5, 0.6) is 11.5 Å². The summed E-state index contributed by atoms with van der Waals surface area (Å²) in [5.74, 6) is 1.40. The summed E-state index contributed by atoms with van der Waals surface area (Å²) < 4.78 is 11.3. The monoisotopic (exact) mass is 415 g/mol. The minimum atomic E-state index is -0.502. The molecule has 2 fully saturated rings. The number of piperazine rings is 1. The van der Waals surface area contributed by atoms with Crippen LogP contribution in [-0.4, -0.2) is 74.7 Å². The minimum Gasteiger partial charge on any atom is -0.497 e. The highest BCUT2D eigenvalue weighted by Crippen LogP contribution is 2.33. The quantitative estimate of drug-likeness (QED) is 0.679. The molecule has 0 radical (unpaired) electrons. The topological polar surface area (TPSA) is 45.2 Å². The maximum atomic E-state index is 13.0. The Kier molecular flexibility index (Phi) is 5.94. The van der Waals surface area contributed by atoms with Gasteiger partial charge in [-0.05, 0) is 55.6 Å². The zero-order valence-corrected chi connectivity index (χ0v) is 17.5. The first kappa shape index (κ1) is 20.0. The Hall–Kier alpha value is -2.28. The van der Waals surface area contributed by atoms with E-state index in [0.717, 1.165) is 44.2 Å². The van der Waals surface area contributed by atoms with Gasteiger partial charge in [-0.1, -0.05) is 11.6 Å². The number of hydrogen-bond acceptors (Lipinski definition) is 5. The first-order valence-electron chi connectivity index (χ1n) is 9.85. The van der Waals surface area contributed by atoms with Crippen LogP contribution in [0.25, 0.3) is 0 Å². The van der Waals surface area contributed by atoms with Crippen LogP contribution in [0.3, 0.4) is 0 Å². The van der Waals surface area contributed by atoms with E-state index in [1.807, 2.05) is 29.2 Å². The highest BCUT2D eigenvalue weighted by Gasteiger charge is 2.50. The molecule has 2 saturated heterocycles. The van der Waals surface area contributed by atoms with Crippen molar-refractivity contribution in [3.63, 3.8) is 0 Å². The first-order valence-corrected chi connectivity index (χ1v) is 10.2. The van der Waals surface area contributed by atoms with Crippen molar-refractivity contribution in [3.8, 4) is 11.5 Å². The number of halogens is 1. The van der Waals surface area contributed by atoms with E-state index in [9.17, 15) is 4.79 Å². The third-order valence-corrected chi connectivity index (χ3v) is 5.88. The number of methoxy groups -OCH3 is 1. The predicted molar refractivity (Wildman–Crippen MR) is 114 cm³/mol. The molecule has 2 atom stereocenters. The van der Waals surface area contributed by atoms with Crippen molar-refractivity contribution >= 4 is 23.2 Å². The van der Waals surface area contributed by atoms with Gasteiger partial charge in [-0.25, -0.2) is 0 Å². The molecule has 2 aliphatic rings. The SMILES string of the molecule is COc1ccc(N2C(=O)[C@@H](Oc3ccc(Cl)cc3)[C@H]2CN2CCN(C)CC2)cc1. The van der Waals surface area contributed by atoms with Gasteiger partial charge in [-0.2, -0.15) is 0 Å². The number of β-lactam (4-membered cyclic amide) rings is 1. The molecule has 7 heteroatoms. The Labute approximate surface area is 176 Å². The van der Waals surface area contributed by atoms with Gasteiger partial charge < -0.3 is 19.3 Å². The van der Waals surface area contributed by atoms with Crippen LogP contribution in [-0.2, 0) is 4.79 Å². The Morgan fingerprint density at radius 3 is 2.21 bits per heavy atom. The number of anilines is 1. The van der Waals surface area contributed by atoms with E-state index in [2.05, 4.69) is 16.8 Å². The average Bonchev–Trinajstić information content (AvgIpc) is 2.75. The second-order valence-corrected chi connectivity index (χ2v) is 8.01. The highest BCUT2D eigenvalue weighted by molar-refractivity contribution is 6.30. The lowest BCUT2D eigenvalue weighted by atomic mass is 9.95. The van der Waals surface area contributed by atoms with Crippen LogP contribution in [0.4, 0.5) is 5.69 Å². The first-order chi connectivity index (χ1) is 14.0. The maximum Gasteiger partial charge on any atom is 0.270 e. The standard InChI is InChI=1S/C22H26ClN3O3/c1-24-11-13-25(14-12-24)15-20-21(29-19-7-3-16(23)4-8-19)22(27)26(20)17-5-9-18(28-2)10-6-17/h3-10,20-21H,11-15H2,1-2H3/t20-,21+/m1/s1. The molecular formula is C22H26ClN3O3.